The standard InChI is InChI=1S/C47H73N11O13/c1-6-28(4)42(45(71)58-46(25-59,16-14-35(48)63)23-54-34(29(5)61)19-36(49)64)55-24-47(26-60,20-30-10-12-32(62)13-11-30)57-40(68)22-52-39(67)9-7-8-38(66)51-17-15-31-18-33(31)43(69)56-41(27(2)3)44(70)53-21-37(50)65/h10-13,25-28,31,33-34,41-42,54-55,62H,6-9,14-24H2,1-5H3,(H2,48,63)(H2,49,64)(H2,50,65)(H,51,66)(H,52,67)(H,53,70)(H,56,69)(H,57,68)(H,58,71)/t28?,31?,33?,34-,41-,42?,46+,47+/m0/s1. The van der Waals surface area contributed by atoms with Crippen LogP contribution in [-0.4, -0.2) is 139 Å². The maximum absolute atomic E-state index is 14.1. The minimum Gasteiger partial charge on any atom is -0.508 e. The van der Waals surface area contributed by atoms with Gasteiger partial charge in [0.15, 0.2) is 0 Å². The van der Waals surface area contributed by atoms with E-state index in [2.05, 4.69) is 42.5 Å². The molecular formula is C47H73N11O13. The van der Waals surface area contributed by atoms with Crippen molar-refractivity contribution in [2.75, 3.05) is 32.7 Å². The molecule has 1 aliphatic carbocycles. The van der Waals surface area contributed by atoms with E-state index in [1.165, 1.54) is 31.2 Å². The van der Waals surface area contributed by atoms with E-state index >= 15 is 0 Å². The van der Waals surface area contributed by atoms with Crippen molar-refractivity contribution in [3.05, 3.63) is 29.8 Å². The second-order valence-corrected chi connectivity index (χ2v) is 18.6. The summed E-state index contributed by atoms with van der Waals surface area (Å²) in [7, 11) is 0. The molecular weight excluding hydrogens is 927 g/mol. The third kappa shape index (κ3) is 21.8. The molecule has 8 atom stereocenters. The first kappa shape index (κ1) is 60.3. The summed E-state index contributed by atoms with van der Waals surface area (Å²) < 4.78 is 0. The SMILES string of the molecule is CCC(C)C(NC[C@@](C=O)(Cc1ccc(O)cc1)NC(=O)CNC(=O)CCCC(=O)NCCC1CC1C(=O)N[C@H](C(=O)NCC(N)=O)C(C)C)C(=O)N[C@](C=O)(CCC(N)=O)CN[C@@H](CC(N)=O)C(C)=O. The smallest absolute Gasteiger partial charge is 0.243 e. The summed E-state index contributed by atoms with van der Waals surface area (Å²) in [5.41, 5.74) is 12.7. The number of benzene rings is 1. The highest BCUT2D eigenvalue weighted by Crippen LogP contribution is 2.41. The summed E-state index contributed by atoms with van der Waals surface area (Å²) in [6.07, 6.45) is 1.19. The molecule has 0 aliphatic heterocycles. The highest BCUT2D eigenvalue weighted by atomic mass is 16.3. The zero-order chi connectivity index (χ0) is 53.5. The van der Waals surface area contributed by atoms with Gasteiger partial charge in [0.2, 0.25) is 53.2 Å². The molecule has 0 radical (unpaired) electrons. The zero-order valence-electron chi connectivity index (χ0n) is 41.2. The highest BCUT2D eigenvalue weighted by molar-refractivity contribution is 5.92. The number of primary amides is 3. The first-order valence-electron chi connectivity index (χ1n) is 23.7. The number of nitrogens with one attached hydrogen (secondary N) is 8. The Kier molecular flexibility index (Phi) is 25.0. The fourth-order valence-electron chi connectivity index (χ4n) is 7.63. The average Bonchev–Trinajstić information content (AvgIpc) is 4.09. The molecule has 1 aromatic rings. The number of phenols is 1. The van der Waals surface area contributed by atoms with Gasteiger partial charge >= 0.3 is 0 Å². The average molecular weight is 1000 g/mol. The minimum absolute atomic E-state index is 0.00223. The quantitative estimate of drug-likeness (QED) is 0.0297. The van der Waals surface area contributed by atoms with Gasteiger partial charge in [-0.05, 0) is 68.1 Å². The predicted octanol–water partition coefficient (Wildman–Crippen LogP) is -3.09. The van der Waals surface area contributed by atoms with Crippen LogP contribution in [0, 0.1) is 23.7 Å². The number of hydrogen-bond acceptors (Lipinski definition) is 15. The van der Waals surface area contributed by atoms with Crippen LogP contribution in [0.3, 0.4) is 0 Å². The molecule has 0 spiro atoms. The normalized spacial score (nSPS) is 17.3. The lowest BCUT2D eigenvalue weighted by molar-refractivity contribution is -0.131. The van der Waals surface area contributed by atoms with Gasteiger partial charge in [0.05, 0.1) is 25.2 Å². The lowest BCUT2D eigenvalue weighted by Crippen LogP contribution is -2.65. The molecule has 2 rings (SSSR count). The van der Waals surface area contributed by atoms with Crippen molar-refractivity contribution in [3.8, 4) is 5.75 Å². The Morgan fingerprint density at radius 3 is 1.90 bits per heavy atom. The molecule has 0 saturated heterocycles. The molecule has 4 unspecified atom stereocenters. The summed E-state index contributed by atoms with van der Waals surface area (Å²) >= 11 is 0. The van der Waals surface area contributed by atoms with Crippen LogP contribution in [-0.2, 0) is 64.0 Å². The number of hydrogen-bond donors (Lipinski definition) is 12. The van der Waals surface area contributed by atoms with Gasteiger partial charge in [0.1, 0.15) is 41.2 Å². The van der Waals surface area contributed by atoms with Crippen molar-refractivity contribution >= 4 is 71.5 Å². The first-order valence-corrected chi connectivity index (χ1v) is 23.7. The van der Waals surface area contributed by atoms with Gasteiger partial charge in [-0.25, -0.2) is 0 Å². The van der Waals surface area contributed by atoms with E-state index in [0.717, 1.165) is 0 Å². The van der Waals surface area contributed by atoms with Gasteiger partial charge in [-0.2, -0.15) is 0 Å². The molecule has 0 bridgehead atoms. The number of Topliss-reactive ketones (excluding diaryl/α,β-unsaturated/α-hetero) is 1. The van der Waals surface area contributed by atoms with Gasteiger partial charge in [-0.15, -0.1) is 0 Å². The van der Waals surface area contributed by atoms with Crippen molar-refractivity contribution in [2.45, 2.75) is 128 Å². The zero-order valence-corrected chi connectivity index (χ0v) is 41.2. The largest absolute Gasteiger partial charge is 0.508 e. The molecule has 1 aliphatic rings. The van der Waals surface area contributed by atoms with Gasteiger partial charge in [0.25, 0.3) is 0 Å². The number of aromatic hydroxyl groups is 1. The monoisotopic (exact) mass is 1000 g/mol. The number of rotatable bonds is 36. The molecule has 1 fully saturated rings. The maximum Gasteiger partial charge on any atom is 0.243 e. The number of carbonyl (C=O) groups is 12. The molecule has 71 heavy (non-hydrogen) atoms. The summed E-state index contributed by atoms with van der Waals surface area (Å²) in [5, 5.41) is 31.4. The number of aldehydes is 2. The third-order valence-corrected chi connectivity index (χ3v) is 12.2. The topological polar surface area (TPSA) is 399 Å². The Morgan fingerprint density at radius 2 is 1.35 bits per heavy atom. The van der Waals surface area contributed by atoms with Crippen molar-refractivity contribution in [1.29, 1.82) is 0 Å². The third-order valence-electron chi connectivity index (χ3n) is 12.2. The van der Waals surface area contributed by atoms with Gasteiger partial charge in [0, 0.05) is 57.7 Å². The summed E-state index contributed by atoms with van der Waals surface area (Å²) in [4.78, 5) is 151. The molecule has 1 saturated carbocycles. The van der Waals surface area contributed by atoms with Crippen molar-refractivity contribution in [2.24, 2.45) is 40.9 Å². The summed E-state index contributed by atoms with van der Waals surface area (Å²) in [6.45, 7) is 6.83. The number of phenolic OH excluding ortho intramolecular Hbond substituents is 1. The number of ketones is 1. The molecule has 9 amide bonds. The van der Waals surface area contributed by atoms with Crippen LogP contribution < -0.4 is 59.7 Å². The Morgan fingerprint density at radius 1 is 0.732 bits per heavy atom. The molecule has 1 aromatic carbocycles. The van der Waals surface area contributed by atoms with Gasteiger partial charge in [-0.3, -0.25) is 47.9 Å². The highest BCUT2D eigenvalue weighted by Gasteiger charge is 2.44. The van der Waals surface area contributed by atoms with E-state index in [0.29, 0.717) is 37.4 Å². The molecule has 15 N–H and O–H groups in total. The van der Waals surface area contributed by atoms with Crippen LogP contribution in [0.2, 0.25) is 0 Å². The number of nitrogens with two attached hydrogens (primary N) is 3. The Labute approximate surface area is 413 Å². The van der Waals surface area contributed by atoms with Crippen LogP contribution in [0.1, 0.15) is 98.0 Å². The van der Waals surface area contributed by atoms with E-state index < -0.39 is 102 Å². The number of amides is 9. The van der Waals surface area contributed by atoms with Crippen LogP contribution in [0.5, 0.6) is 5.75 Å². The number of carbonyl (C=O) groups excluding carboxylic acids is 12. The van der Waals surface area contributed by atoms with Crippen LogP contribution >= 0.6 is 0 Å². The molecule has 0 aromatic heterocycles. The second-order valence-electron chi connectivity index (χ2n) is 18.6. The minimum atomic E-state index is -1.81. The molecule has 0 heterocycles. The van der Waals surface area contributed by atoms with E-state index in [9.17, 15) is 62.6 Å². The molecule has 24 heteroatoms. The fourth-order valence-corrected chi connectivity index (χ4v) is 7.63. The van der Waals surface area contributed by atoms with Crippen molar-refractivity contribution in [1.82, 2.24) is 42.5 Å². The fraction of sp³-hybridized carbons (Fsp3) is 0.617. The van der Waals surface area contributed by atoms with E-state index in [4.69, 9.17) is 17.2 Å². The maximum atomic E-state index is 14.1. The molecule has 24 nitrogen and oxygen atoms in total. The second kappa shape index (κ2) is 29.4. The van der Waals surface area contributed by atoms with E-state index in [1.807, 2.05) is 0 Å². The Bertz CT molecular complexity index is 2070. The Balaban J connectivity index is 2.05. The van der Waals surface area contributed by atoms with E-state index in [1.54, 1.807) is 27.7 Å². The first-order chi connectivity index (χ1) is 33.4. The van der Waals surface area contributed by atoms with Crippen LogP contribution in [0.25, 0.3) is 0 Å². The Hall–Kier alpha value is -6.82. The lowest BCUT2D eigenvalue weighted by Gasteiger charge is -2.36. The van der Waals surface area contributed by atoms with Crippen LogP contribution in [0.15, 0.2) is 24.3 Å². The van der Waals surface area contributed by atoms with Gasteiger partial charge in [-0.1, -0.05) is 46.2 Å². The van der Waals surface area contributed by atoms with E-state index in [-0.39, 0.29) is 93.5 Å². The predicted molar refractivity (Wildman–Crippen MR) is 257 cm³/mol. The summed E-state index contributed by atoms with van der Waals surface area (Å²) in [6, 6.07) is 2.73. The van der Waals surface area contributed by atoms with Crippen molar-refractivity contribution in [3.63, 3.8) is 0 Å². The van der Waals surface area contributed by atoms with Gasteiger partial charge < -0.3 is 74.4 Å². The molecule has 394 valence electrons. The lowest BCUT2D eigenvalue weighted by atomic mass is 9.89. The van der Waals surface area contributed by atoms with Crippen molar-refractivity contribution < 1.29 is 62.6 Å². The van der Waals surface area contributed by atoms with Crippen LogP contribution in [0.4, 0.5) is 0 Å². The summed E-state index contributed by atoms with van der Waals surface area (Å²) in [5.74, 6) is -7.10.